The second-order valence-electron chi connectivity index (χ2n) is 5.81. The molecule has 2 aromatic rings. The van der Waals surface area contributed by atoms with Crippen LogP contribution in [-0.2, 0) is 4.79 Å². The van der Waals surface area contributed by atoms with Crippen molar-refractivity contribution >= 4 is 11.6 Å². The average molecular weight is 297 g/mol. The van der Waals surface area contributed by atoms with E-state index in [-0.39, 0.29) is 18.6 Å². The van der Waals surface area contributed by atoms with Crippen molar-refractivity contribution in [2.75, 3.05) is 11.5 Å². The monoisotopic (exact) mass is 297 g/mol. The average Bonchev–Trinajstić information content (AvgIpc) is 2.45. The van der Waals surface area contributed by atoms with E-state index in [0.29, 0.717) is 0 Å². The summed E-state index contributed by atoms with van der Waals surface area (Å²) in [6, 6.07) is 15.7. The number of rotatable bonds is 5. The Morgan fingerprint density at radius 3 is 2.18 bits per heavy atom. The fourth-order valence-electron chi connectivity index (χ4n) is 2.55. The van der Waals surface area contributed by atoms with Crippen molar-refractivity contribution in [1.82, 2.24) is 0 Å². The molecule has 0 aliphatic heterocycles. The first-order valence-electron chi connectivity index (χ1n) is 7.55. The van der Waals surface area contributed by atoms with Gasteiger partial charge in [0.25, 0.3) is 5.91 Å². The fourth-order valence-corrected chi connectivity index (χ4v) is 2.55. The number of benzene rings is 2. The van der Waals surface area contributed by atoms with Crippen molar-refractivity contribution in [3.8, 4) is 5.75 Å². The molecule has 0 saturated heterocycles. The highest BCUT2D eigenvalue weighted by atomic mass is 16.5. The molecular formula is C19H23NO2. The Kier molecular flexibility index (Phi) is 5.21. The number of carbonyl (C=O) groups is 1. The van der Waals surface area contributed by atoms with Gasteiger partial charge in [-0.3, -0.25) is 4.79 Å². The van der Waals surface area contributed by atoms with Crippen LogP contribution in [0.5, 0.6) is 5.75 Å². The largest absolute Gasteiger partial charge is 0.484 e. The van der Waals surface area contributed by atoms with E-state index >= 15 is 0 Å². The van der Waals surface area contributed by atoms with E-state index in [2.05, 4.69) is 6.07 Å². The maximum atomic E-state index is 12.5. The van der Waals surface area contributed by atoms with Crippen LogP contribution in [0.25, 0.3) is 0 Å². The molecule has 0 radical (unpaired) electrons. The first kappa shape index (κ1) is 16.1. The van der Waals surface area contributed by atoms with Crippen LogP contribution < -0.4 is 9.64 Å². The zero-order valence-corrected chi connectivity index (χ0v) is 13.7. The van der Waals surface area contributed by atoms with Crippen LogP contribution in [-0.4, -0.2) is 18.6 Å². The molecule has 0 aromatic heterocycles. The summed E-state index contributed by atoms with van der Waals surface area (Å²) in [5.41, 5.74) is 3.16. The van der Waals surface area contributed by atoms with Gasteiger partial charge in [-0.05, 0) is 63.1 Å². The van der Waals surface area contributed by atoms with Crippen molar-refractivity contribution in [2.24, 2.45) is 0 Å². The van der Waals surface area contributed by atoms with E-state index in [1.165, 1.54) is 0 Å². The molecule has 1 amide bonds. The summed E-state index contributed by atoms with van der Waals surface area (Å²) in [7, 11) is 0. The van der Waals surface area contributed by atoms with E-state index in [0.717, 1.165) is 22.6 Å². The molecule has 0 atom stereocenters. The molecule has 2 aromatic carbocycles. The molecule has 0 bridgehead atoms. The van der Waals surface area contributed by atoms with Gasteiger partial charge in [0.2, 0.25) is 0 Å². The Morgan fingerprint density at radius 2 is 1.64 bits per heavy atom. The maximum Gasteiger partial charge on any atom is 0.265 e. The summed E-state index contributed by atoms with van der Waals surface area (Å²) < 4.78 is 5.69. The molecule has 0 aliphatic carbocycles. The Labute approximate surface area is 132 Å². The lowest BCUT2D eigenvalue weighted by molar-refractivity contribution is -0.120. The van der Waals surface area contributed by atoms with E-state index in [1.807, 2.05) is 70.2 Å². The summed E-state index contributed by atoms with van der Waals surface area (Å²) in [5.74, 6) is 0.697. The molecular weight excluding hydrogens is 274 g/mol. The summed E-state index contributed by atoms with van der Waals surface area (Å²) in [5, 5.41) is 0. The first-order chi connectivity index (χ1) is 10.5. The molecule has 0 fully saturated rings. The van der Waals surface area contributed by atoms with Crippen molar-refractivity contribution in [3.63, 3.8) is 0 Å². The lowest BCUT2D eigenvalue weighted by atomic mass is 10.1. The molecule has 0 spiro atoms. The molecule has 0 saturated carbocycles. The highest BCUT2D eigenvalue weighted by Gasteiger charge is 2.19. The van der Waals surface area contributed by atoms with E-state index < -0.39 is 0 Å². The van der Waals surface area contributed by atoms with Crippen molar-refractivity contribution in [1.29, 1.82) is 0 Å². The standard InChI is InChI=1S/C19H23NO2/c1-14(2)20(17-8-6-5-7-9-17)19(21)13-22-18-11-15(3)10-16(4)12-18/h5-12,14H,13H2,1-4H3. The summed E-state index contributed by atoms with van der Waals surface area (Å²) in [4.78, 5) is 14.3. The third kappa shape index (κ3) is 4.10. The van der Waals surface area contributed by atoms with Gasteiger partial charge < -0.3 is 9.64 Å². The van der Waals surface area contributed by atoms with Crippen molar-refractivity contribution in [2.45, 2.75) is 33.7 Å². The predicted molar refractivity (Wildman–Crippen MR) is 90.5 cm³/mol. The van der Waals surface area contributed by atoms with Crippen LogP contribution in [0.1, 0.15) is 25.0 Å². The van der Waals surface area contributed by atoms with E-state index in [1.54, 1.807) is 4.90 Å². The number of ether oxygens (including phenoxy) is 1. The molecule has 0 N–H and O–H groups in total. The predicted octanol–water partition coefficient (Wildman–Crippen LogP) is 4.12. The Hall–Kier alpha value is -2.29. The molecule has 3 heteroatoms. The minimum atomic E-state index is -0.0413. The van der Waals surface area contributed by atoms with Crippen molar-refractivity contribution in [3.05, 3.63) is 59.7 Å². The summed E-state index contributed by atoms with van der Waals surface area (Å²) in [6.45, 7) is 8.08. The van der Waals surface area contributed by atoms with E-state index in [9.17, 15) is 4.79 Å². The lowest BCUT2D eigenvalue weighted by Gasteiger charge is -2.27. The van der Waals surface area contributed by atoms with Crippen LogP contribution in [0.3, 0.4) is 0 Å². The summed E-state index contributed by atoms with van der Waals surface area (Å²) >= 11 is 0. The molecule has 116 valence electrons. The van der Waals surface area contributed by atoms with Crippen molar-refractivity contribution < 1.29 is 9.53 Å². The molecule has 2 rings (SSSR count). The number of amides is 1. The van der Waals surface area contributed by atoms with Gasteiger partial charge >= 0.3 is 0 Å². The Balaban J connectivity index is 2.09. The number of aryl methyl sites for hydroxylation is 2. The molecule has 0 heterocycles. The third-order valence-corrected chi connectivity index (χ3v) is 3.38. The van der Waals surface area contributed by atoms with Gasteiger partial charge in [-0.2, -0.15) is 0 Å². The topological polar surface area (TPSA) is 29.5 Å². The van der Waals surface area contributed by atoms with Gasteiger partial charge in [0.05, 0.1) is 0 Å². The molecule has 0 aliphatic rings. The zero-order chi connectivity index (χ0) is 16.1. The van der Waals surface area contributed by atoms with E-state index in [4.69, 9.17) is 4.74 Å². The lowest BCUT2D eigenvalue weighted by Crippen LogP contribution is -2.40. The minimum Gasteiger partial charge on any atom is -0.484 e. The molecule has 3 nitrogen and oxygen atoms in total. The van der Waals surface area contributed by atoms with Crippen LogP contribution in [0.4, 0.5) is 5.69 Å². The Morgan fingerprint density at radius 1 is 1.05 bits per heavy atom. The number of para-hydroxylation sites is 1. The number of nitrogens with zero attached hydrogens (tertiary/aromatic N) is 1. The van der Waals surface area contributed by atoms with Gasteiger partial charge in [0, 0.05) is 11.7 Å². The smallest absolute Gasteiger partial charge is 0.265 e. The maximum absolute atomic E-state index is 12.5. The number of hydrogen-bond acceptors (Lipinski definition) is 2. The number of anilines is 1. The van der Waals surface area contributed by atoms with Gasteiger partial charge in [-0.25, -0.2) is 0 Å². The number of carbonyl (C=O) groups excluding carboxylic acids is 1. The quantitative estimate of drug-likeness (QED) is 0.830. The van der Waals surface area contributed by atoms with Crippen LogP contribution in [0.2, 0.25) is 0 Å². The first-order valence-corrected chi connectivity index (χ1v) is 7.55. The summed E-state index contributed by atoms with van der Waals surface area (Å²) in [6.07, 6.45) is 0. The normalized spacial score (nSPS) is 10.6. The van der Waals surface area contributed by atoms with Gasteiger partial charge in [-0.15, -0.1) is 0 Å². The van der Waals surface area contributed by atoms with Crippen LogP contribution in [0, 0.1) is 13.8 Å². The Bertz CT molecular complexity index is 615. The SMILES string of the molecule is Cc1cc(C)cc(OCC(=O)N(c2ccccc2)C(C)C)c1. The van der Waals surface area contributed by atoms with Gasteiger partial charge in [-0.1, -0.05) is 24.3 Å². The second kappa shape index (κ2) is 7.12. The van der Waals surface area contributed by atoms with Crippen LogP contribution in [0.15, 0.2) is 48.5 Å². The third-order valence-electron chi connectivity index (χ3n) is 3.38. The molecule has 0 unspecified atom stereocenters. The highest BCUT2D eigenvalue weighted by molar-refractivity contribution is 5.94. The zero-order valence-electron chi connectivity index (χ0n) is 13.7. The molecule has 22 heavy (non-hydrogen) atoms. The second-order valence-corrected chi connectivity index (χ2v) is 5.81. The van der Waals surface area contributed by atoms with Gasteiger partial charge in [0.1, 0.15) is 5.75 Å². The minimum absolute atomic E-state index is 0.0377. The van der Waals surface area contributed by atoms with Gasteiger partial charge in [0.15, 0.2) is 6.61 Å². The highest BCUT2D eigenvalue weighted by Crippen LogP contribution is 2.19. The fraction of sp³-hybridized carbons (Fsp3) is 0.316. The number of hydrogen-bond donors (Lipinski definition) is 0. The van der Waals surface area contributed by atoms with Crippen LogP contribution >= 0.6 is 0 Å².